The first kappa shape index (κ1) is 23.3. The van der Waals surface area contributed by atoms with Crippen LogP contribution in [-0.2, 0) is 0 Å². The molecule has 0 spiro atoms. The monoisotopic (exact) mass is 430 g/mol. The summed E-state index contributed by atoms with van der Waals surface area (Å²) in [6.45, 7) is 8.43. The number of hydrogen-bond acceptors (Lipinski definition) is 4. The third kappa shape index (κ3) is 4.93. The molecule has 168 valence electrons. The van der Waals surface area contributed by atoms with Gasteiger partial charge in [0.25, 0.3) is 0 Å². The number of fused-ring (bicyclic) bond motifs is 1. The van der Waals surface area contributed by atoms with E-state index in [0.717, 1.165) is 29.8 Å². The van der Waals surface area contributed by atoms with Crippen molar-refractivity contribution < 1.29 is 5.11 Å². The lowest BCUT2D eigenvalue weighted by molar-refractivity contribution is 0.455. The van der Waals surface area contributed by atoms with Gasteiger partial charge in [-0.2, -0.15) is 0 Å². The molecule has 0 aliphatic heterocycles. The molecule has 2 aliphatic carbocycles. The third-order valence-electron chi connectivity index (χ3n) is 5.97. The summed E-state index contributed by atoms with van der Waals surface area (Å²) in [6.07, 6.45) is 19.5. The Balaban J connectivity index is 2.27. The van der Waals surface area contributed by atoms with Crippen molar-refractivity contribution in [2.45, 2.75) is 47.0 Å². The van der Waals surface area contributed by atoms with Crippen molar-refractivity contribution in [1.29, 1.82) is 0 Å². The molecule has 1 aromatic rings. The van der Waals surface area contributed by atoms with Gasteiger partial charge in [-0.25, -0.2) is 4.99 Å². The van der Waals surface area contributed by atoms with Gasteiger partial charge in [-0.15, -0.1) is 0 Å². The number of hydrogen-bond donors (Lipinski definition) is 3. The molecule has 1 unspecified atom stereocenters. The summed E-state index contributed by atoms with van der Waals surface area (Å²) in [7, 11) is 1.67. The highest BCUT2D eigenvalue weighted by atomic mass is 16.3. The number of aromatic hydroxyl groups is 1. The maximum atomic E-state index is 10.8. The SMILES string of the molecule is CCC1=CC(C2=CC(CC)C=c3[nH]c(O)c(C(C)=NC(C=NC)=CN)c3=C2)=C(C)C=CC1. The molecular weight excluding hydrogens is 396 g/mol. The first-order valence-electron chi connectivity index (χ1n) is 11.2. The van der Waals surface area contributed by atoms with Gasteiger partial charge in [0, 0.05) is 30.0 Å². The normalized spacial score (nSPS) is 19.7. The fourth-order valence-electron chi connectivity index (χ4n) is 4.17. The van der Waals surface area contributed by atoms with E-state index in [0.29, 0.717) is 17.0 Å². The largest absolute Gasteiger partial charge is 0.494 e. The van der Waals surface area contributed by atoms with Crippen LogP contribution in [0.1, 0.15) is 52.5 Å². The van der Waals surface area contributed by atoms with E-state index < -0.39 is 0 Å². The Hall–Kier alpha value is -3.34. The van der Waals surface area contributed by atoms with E-state index in [1.165, 1.54) is 28.5 Å². The Morgan fingerprint density at radius 2 is 2.06 bits per heavy atom. The van der Waals surface area contributed by atoms with Crippen LogP contribution in [-0.4, -0.2) is 29.1 Å². The molecule has 0 bridgehead atoms. The van der Waals surface area contributed by atoms with Crippen LogP contribution in [0.3, 0.4) is 0 Å². The van der Waals surface area contributed by atoms with Gasteiger partial charge in [-0.1, -0.05) is 49.8 Å². The fourth-order valence-corrected chi connectivity index (χ4v) is 4.17. The maximum absolute atomic E-state index is 10.8. The molecule has 4 N–H and O–H groups in total. The topological polar surface area (TPSA) is 86.8 Å². The summed E-state index contributed by atoms with van der Waals surface area (Å²) in [6, 6.07) is 0. The number of allylic oxidation sites excluding steroid dienone is 9. The number of nitrogens with zero attached hydrogens (tertiary/aromatic N) is 2. The van der Waals surface area contributed by atoms with E-state index >= 15 is 0 Å². The number of aliphatic imine (C=N–C) groups is 2. The minimum atomic E-state index is 0.112. The van der Waals surface area contributed by atoms with Gasteiger partial charge >= 0.3 is 0 Å². The van der Waals surface area contributed by atoms with E-state index in [4.69, 9.17) is 5.73 Å². The van der Waals surface area contributed by atoms with Crippen LogP contribution in [0.2, 0.25) is 0 Å². The molecule has 1 heterocycles. The van der Waals surface area contributed by atoms with Crippen molar-refractivity contribution in [3.8, 4) is 5.88 Å². The van der Waals surface area contributed by atoms with Gasteiger partial charge < -0.3 is 15.8 Å². The second-order valence-corrected chi connectivity index (χ2v) is 8.22. The average Bonchev–Trinajstić information content (AvgIpc) is 2.90. The van der Waals surface area contributed by atoms with Gasteiger partial charge in [0.05, 0.1) is 17.0 Å². The highest BCUT2D eigenvalue weighted by Gasteiger charge is 2.17. The first-order valence-corrected chi connectivity index (χ1v) is 11.2. The van der Waals surface area contributed by atoms with Gasteiger partial charge in [-0.05, 0) is 61.8 Å². The number of rotatable bonds is 6. The van der Waals surface area contributed by atoms with E-state index in [2.05, 4.69) is 72.2 Å². The highest BCUT2D eigenvalue weighted by molar-refractivity contribution is 6.03. The van der Waals surface area contributed by atoms with Crippen molar-refractivity contribution in [1.82, 2.24) is 4.98 Å². The van der Waals surface area contributed by atoms with Crippen LogP contribution in [0.25, 0.3) is 12.2 Å². The van der Waals surface area contributed by atoms with Crippen LogP contribution < -0.4 is 16.3 Å². The van der Waals surface area contributed by atoms with Crippen molar-refractivity contribution in [3.63, 3.8) is 0 Å². The average molecular weight is 431 g/mol. The summed E-state index contributed by atoms with van der Waals surface area (Å²) in [4.78, 5) is 11.8. The molecule has 3 rings (SSSR count). The smallest absolute Gasteiger partial charge is 0.198 e. The number of H-pyrrole nitrogens is 1. The van der Waals surface area contributed by atoms with Crippen molar-refractivity contribution in [2.75, 3.05) is 7.05 Å². The molecule has 2 aliphatic rings. The standard InChI is InChI=1S/C27H34N4O/c1-6-19-10-8-9-17(3)23(12-19)21-11-20(7-2)13-25-24(14-21)26(27(32)31-25)18(4)30-22(15-28)16-29-5/h8-9,11-16,20,31-32H,6-7,10,28H2,1-5H3. The van der Waals surface area contributed by atoms with Crippen LogP contribution in [0.5, 0.6) is 5.88 Å². The lowest BCUT2D eigenvalue weighted by Crippen LogP contribution is -2.27. The summed E-state index contributed by atoms with van der Waals surface area (Å²) >= 11 is 0. The van der Waals surface area contributed by atoms with Gasteiger partial charge in [0.15, 0.2) is 5.88 Å². The molecule has 5 heteroatoms. The Bertz CT molecular complexity index is 1210. The second kappa shape index (κ2) is 10.3. The van der Waals surface area contributed by atoms with Crippen LogP contribution in [0.4, 0.5) is 0 Å². The van der Waals surface area contributed by atoms with Crippen molar-refractivity contribution in [2.24, 2.45) is 21.6 Å². The summed E-state index contributed by atoms with van der Waals surface area (Å²) in [5.41, 5.74) is 12.7. The zero-order valence-corrected chi connectivity index (χ0v) is 19.7. The Morgan fingerprint density at radius 3 is 2.72 bits per heavy atom. The molecule has 0 radical (unpaired) electrons. The predicted molar refractivity (Wildman–Crippen MR) is 136 cm³/mol. The minimum absolute atomic E-state index is 0.112. The van der Waals surface area contributed by atoms with Crippen LogP contribution in [0, 0.1) is 5.92 Å². The molecule has 0 saturated heterocycles. The fraction of sp³-hybridized carbons (Fsp3) is 0.333. The number of aromatic nitrogens is 1. The quantitative estimate of drug-likeness (QED) is 0.592. The van der Waals surface area contributed by atoms with Gasteiger partial charge in [-0.3, -0.25) is 4.99 Å². The number of nitrogens with one attached hydrogen (secondary N) is 1. The number of nitrogens with two attached hydrogens (primary N) is 1. The summed E-state index contributed by atoms with van der Waals surface area (Å²) in [5, 5.41) is 12.6. The maximum Gasteiger partial charge on any atom is 0.198 e. The van der Waals surface area contributed by atoms with Crippen molar-refractivity contribution >= 4 is 24.1 Å². The van der Waals surface area contributed by atoms with Crippen LogP contribution in [0.15, 0.2) is 68.5 Å². The molecular formula is C27H34N4O. The molecule has 0 fully saturated rings. The van der Waals surface area contributed by atoms with E-state index in [-0.39, 0.29) is 11.8 Å². The van der Waals surface area contributed by atoms with Crippen LogP contribution >= 0.6 is 0 Å². The van der Waals surface area contributed by atoms with Crippen molar-refractivity contribution in [3.05, 3.63) is 74.6 Å². The lowest BCUT2D eigenvalue weighted by atomic mass is 9.94. The second-order valence-electron chi connectivity index (χ2n) is 8.22. The molecule has 0 saturated carbocycles. The Labute approximate surface area is 190 Å². The third-order valence-corrected chi connectivity index (χ3v) is 5.97. The molecule has 1 aromatic heterocycles. The van der Waals surface area contributed by atoms with E-state index in [1.54, 1.807) is 13.3 Å². The van der Waals surface area contributed by atoms with Gasteiger partial charge in [0.2, 0.25) is 0 Å². The lowest BCUT2D eigenvalue weighted by Gasteiger charge is -2.11. The Morgan fingerprint density at radius 1 is 1.28 bits per heavy atom. The molecule has 0 aromatic carbocycles. The van der Waals surface area contributed by atoms with E-state index in [9.17, 15) is 5.11 Å². The van der Waals surface area contributed by atoms with Gasteiger partial charge in [0.1, 0.15) is 0 Å². The predicted octanol–water partition coefficient (Wildman–Crippen LogP) is 4.17. The zero-order valence-electron chi connectivity index (χ0n) is 19.7. The minimum Gasteiger partial charge on any atom is -0.494 e. The first-order chi connectivity index (χ1) is 15.4. The van der Waals surface area contributed by atoms with E-state index in [1.807, 2.05) is 6.92 Å². The zero-order chi connectivity index (χ0) is 23.3. The molecule has 5 nitrogen and oxygen atoms in total. The highest BCUT2D eigenvalue weighted by Crippen LogP contribution is 2.28. The summed E-state index contributed by atoms with van der Waals surface area (Å²) in [5.74, 6) is 0.365. The Kier molecular flexibility index (Phi) is 7.52. The molecule has 1 atom stereocenters. The molecule has 32 heavy (non-hydrogen) atoms. The summed E-state index contributed by atoms with van der Waals surface area (Å²) < 4.78 is 0. The number of aromatic amines is 1. The molecule has 0 amide bonds.